The van der Waals surface area contributed by atoms with E-state index in [9.17, 15) is 9.59 Å². The Kier molecular flexibility index (Phi) is 6.96. The Hall–Kier alpha value is -2.35. The summed E-state index contributed by atoms with van der Waals surface area (Å²) in [6.45, 7) is 3.97. The average molecular weight is 288 g/mol. The molecule has 1 amide bonds. The van der Waals surface area contributed by atoms with Gasteiger partial charge in [-0.05, 0) is 31.0 Å². The third-order valence-electron chi connectivity index (χ3n) is 2.93. The Bertz CT molecular complexity index is 497. The highest BCUT2D eigenvalue weighted by molar-refractivity contribution is 5.78. The number of rotatable bonds is 7. The molecule has 0 fully saturated rings. The number of ether oxygens (including phenoxy) is 1. The summed E-state index contributed by atoms with van der Waals surface area (Å²) in [4.78, 5) is 23.4. The van der Waals surface area contributed by atoms with Gasteiger partial charge in [-0.2, -0.15) is 5.26 Å². The molecule has 0 spiro atoms. The monoisotopic (exact) mass is 288 g/mol. The molecule has 0 saturated heterocycles. The predicted octanol–water partition coefficient (Wildman–Crippen LogP) is 2.47. The number of nitrogens with one attached hydrogen (secondary N) is 1. The molecular formula is C16H20N2O3. The van der Waals surface area contributed by atoms with Crippen molar-refractivity contribution in [1.29, 1.82) is 5.26 Å². The molecule has 1 aromatic carbocycles. The number of carbonyl (C=O) groups excluding carboxylic acids is 2. The van der Waals surface area contributed by atoms with Gasteiger partial charge in [-0.1, -0.05) is 19.1 Å². The maximum absolute atomic E-state index is 11.8. The Labute approximate surface area is 124 Å². The molecular weight excluding hydrogens is 268 g/mol. The van der Waals surface area contributed by atoms with Crippen molar-refractivity contribution in [1.82, 2.24) is 5.32 Å². The predicted molar refractivity (Wildman–Crippen MR) is 78.2 cm³/mol. The molecule has 1 rings (SSSR count). The topological polar surface area (TPSA) is 79.2 Å². The number of hydrogen-bond acceptors (Lipinski definition) is 4. The zero-order valence-corrected chi connectivity index (χ0v) is 12.4. The van der Waals surface area contributed by atoms with Gasteiger partial charge < -0.3 is 10.1 Å². The number of hydrogen-bond donors (Lipinski definition) is 1. The van der Waals surface area contributed by atoms with E-state index in [1.54, 1.807) is 31.2 Å². The van der Waals surface area contributed by atoms with Gasteiger partial charge in [0.25, 0.3) is 0 Å². The van der Waals surface area contributed by atoms with Crippen molar-refractivity contribution < 1.29 is 14.3 Å². The van der Waals surface area contributed by atoms with E-state index in [1.165, 1.54) is 0 Å². The minimum absolute atomic E-state index is 0.0786. The lowest BCUT2D eigenvalue weighted by Gasteiger charge is -2.18. The Morgan fingerprint density at radius 2 is 1.95 bits per heavy atom. The van der Waals surface area contributed by atoms with E-state index >= 15 is 0 Å². The second-order valence-electron chi connectivity index (χ2n) is 4.61. The maximum atomic E-state index is 11.8. The van der Waals surface area contributed by atoms with Crippen LogP contribution >= 0.6 is 0 Å². The second-order valence-corrected chi connectivity index (χ2v) is 4.61. The van der Waals surface area contributed by atoms with Crippen LogP contribution in [0.4, 0.5) is 0 Å². The molecule has 1 aromatic rings. The Balaban J connectivity index is 2.86. The fourth-order valence-electron chi connectivity index (χ4n) is 1.92. The standard InChI is InChI=1S/C16H20N2O3/c1-3-5-15(19)18-14(10-16(20)21-4-2)13-8-6-12(11-17)7-9-13/h6-9,14H,3-5,10H2,1-2H3,(H,18,19). The molecule has 5 nitrogen and oxygen atoms in total. The summed E-state index contributed by atoms with van der Waals surface area (Å²) < 4.78 is 4.94. The van der Waals surface area contributed by atoms with Crippen LogP contribution in [0.5, 0.6) is 0 Å². The second kappa shape index (κ2) is 8.75. The van der Waals surface area contributed by atoms with E-state index in [4.69, 9.17) is 10.00 Å². The SMILES string of the molecule is CCCC(=O)NC(CC(=O)OCC)c1ccc(C#N)cc1. The first-order valence-electron chi connectivity index (χ1n) is 7.05. The van der Waals surface area contributed by atoms with Crippen LogP contribution < -0.4 is 5.32 Å². The smallest absolute Gasteiger partial charge is 0.308 e. The number of amides is 1. The fourth-order valence-corrected chi connectivity index (χ4v) is 1.92. The minimum Gasteiger partial charge on any atom is -0.466 e. The number of esters is 1. The highest BCUT2D eigenvalue weighted by Gasteiger charge is 2.18. The molecule has 0 heterocycles. The summed E-state index contributed by atoms with van der Waals surface area (Å²) in [5.74, 6) is -0.459. The van der Waals surface area contributed by atoms with Gasteiger partial charge in [-0.3, -0.25) is 9.59 Å². The highest BCUT2D eigenvalue weighted by Crippen LogP contribution is 2.18. The van der Waals surface area contributed by atoms with Crippen molar-refractivity contribution in [2.24, 2.45) is 0 Å². The number of nitrogens with zero attached hydrogens (tertiary/aromatic N) is 1. The van der Waals surface area contributed by atoms with E-state index < -0.39 is 6.04 Å². The van der Waals surface area contributed by atoms with Gasteiger partial charge >= 0.3 is 5.97 Å². The van der Waals surface area contributed by atoms with Gasteiger partial charge in [0.1, 0.15) is 0 Å². The summed E-state index contributed by atoms with van der Waals surface area (Å²) in [6.07, 6.45) is 1.23. The third kappa shape index (κ3) is 5.65. The molecule has 0 saturated carbocycles. The quantitative estimate of drug-likeness (QED) is 0.782. The van der Waals surface area contributed by atoms with Crippen LogP contribution in [0, 0.1) is 11.3 Å². The van der Waals surface area contributed by atoms with Gasteiger partial charge in [0, 0.05) is 6.42 Å². The van der Waals surface area contributed by atoms with Crippen molar-refractivity contribution in [3.63, 3.8) is 0 Å². The van der Waals surface area contributed by atoms with Crippen LogP contribution in [-0.2, 0) is 14.3 Å². The van der Waals surface area contributed by atoms with E-state index in [0.717, 1.165) is 12.0 Å². The first kappa shape index (κ1) is 16.7. The molecule has 21 heavy (non-hydrogen) atoms. The highest BCUT2D eigenvalue weighted by atomic mass is 16.5. The van der Waals surface area contributed by atoms with Gasteiger partial charge in [0.05, 0.1) is 30.7 Å². The van der Waals surface area contributed by atoms with E-state index in [0.29, 0.717) is 18.6 Å². The van der Waals surface area contributed by atoms with Crippen molar-refractivity contribution >= 4 is 11.9 Å². The molecule has 0 aliphatic carbocycles. The zero-order valence-electron chi connectivity index (χ0n) is 12.4. The summed E-state index contributed by atoms with van der Waals surface area (Å²) in [6, 6.07) is 8.42. The molecule has 1 unspecified atom stereocenters. The van der Waals surface area contributed by atoms with Crippen molar-refractivity contribution in [2.45, 2.75) is 39.2 Å². The Morgan fingerprint density at radius 3 is 2.48 bits per heavy atom. The molecule has 0 bridgehead atoms. The number of benzene rings is 1. The molecule has 1 atom stereocenters. The summed E-state index contributed by atoms with van der Waals surface area (Å²) in [5, 5.41) is 11.6. The van der Waals surface area contributed by atoms with E-state index in [2.05, 4.69) is 5.32 Å². The van der Waals surface area contributed by atoms with Crippen molar-refractivity contribution in [3.8, 4) is 6.07 Å². The van der Waals surface area contributed by atoms with Crippen LogP contribution in [0.2, 0.25) is 0 Å². The maximum Gasteiger partial charge on any atom is 0.308 e. The first-order valence-corrected chi connectivity index (χ1v) is 7.05. The Morgan fingerprint density at radius 1 is 1.29 bits per heavy atom. The zero-order chi connectivity index (χ0) is 15.7. The molecule has 0 radical (unpaired) electrons. The number of nitriles is 1. The van der Waals surface area contributed by atoms with Gasteiger partial charge in [0.15, 0.2) is 0 Å². The van der Waals surface area contributed by atoms with Gasteiger partial charge in [-0.15, -0.1) is 0 Å². The van der Waals surface area contributed by atoms with Crippen LogP contribution in [-0.4, -0.2) is 18.5 Å². The largest absolute Gasteiger partial charge is 0.466 e. The van der Waals surface area contributed by atoms with Crippen molar-refractivity contribution in [2.75, 3.05) is 6.61 Å². The lowest BCUT2D eigenvalue weighted by Crippen LogP contribution is -2.30. The first-order chi connectivity index (χ1) is 10.1. The van der Waals surface area contributed by atoms with Crippen LogP contribution in [0.1, 0.15) is 50.3 Å². The summed E-state index contributed by atoms with van der Waals surface area (Å²) in [5.41, 5.74) is 1.32. The molecule has 1 N–H and O–H groups in total. The van der Waals surface area contributed by atoms with Crippen LogP contribution in [0.25, 0.3) is 0 Å². The lowest BCUT2D eigenvalue weighted by molar-refractivity contribution is -0.143. The van der Waals surface area contributed by atoms with Crippen molar-refractivity contribution in [3.05, 3.63) is 35.4 Å². The molecule has 0 aliphatic heterocycles. The molecule has 5 heteroatoms. The average Bonchev–Trinajstić information content (AvgIpc) is 2.47. The third-order valence-corrected chi connectivity index (χ3v) is 2.93. The normalized spacial score (nSPS) is 11.3. The van der Waals surface area contributed by atoms with Crippen LogP contribution in [0.15, 0.2) is 24.3 Å². The van der Waals surface area contributed by atoms with E-state index in [1.807, 2.05) is 13.0 Å². The van der Waals surface area contributed by atoms with Gasteiger partial charge in [-0.25, -0.2) is 0 Å². The molecule has 112 valence electrons. The van der Waals surface area contributed by atoms with E-state index in [-0.39, 0.29) is 18.3 Å². The summed E-state index contributed by atoms with van der Waals surface area (Å²) in [7, 11) is 0. The number of carbonyl (C=O) groups is 2. The molecule has 0 aliphatic rings. The summed E-state index contributed by atoms with van der Waals surface area (Å²) >= 11 is 0. The fraction of sp³-hybridized carbons (Fsp3) is 0.438. The molecule has 0 aromatic heterocycles. The lowest BCUT2D eigenvalue weighted by atomic mass is 10.0. The van der Waals surface area contributed by atoms with Gasteiger partial charge in [0.2, 0.25) is 5.91 Å². The van der Waals surface area contributed by atoms with Crippen LogP contribution in [0.3, 0.4) is 0 Å². The minimum atomic E-state index is -0.434.